The SMILES string of the molecule is CCCCOc1cccc(C2c3c(oc4ccc(Br)cc4c3=O)C(=O)N2c2nc(C)c(C(=O)OCC)s2)c1. The first kappa shape index (κ1) is 26.1. The monoisotopic (exact) mass is 596 g/mol. The Labute approximate surface area is 231 Å². The molecule has 8 nitrogen and oxygen atoms in total. The Kier molecular flexibility index (Phi) is 7.36. The third kappa shape index (κ3) is 4.63. The van der Waals surface area contributed by atoms with Crippen LogP contribution in [0.3, 0.4) is 0 Å². The van der Waals surface area contributed by atoms with Crippen LogP contribution in [0.4, 0.5) is 5.13 Å². The van der Waals surface area contributed by atoms with Gasteiger partial charge in [0, 0.05) is 4.47 Å². The topological polar surface area (TPSA) is 98.9 Å². The molecule has 2 aromatic carbocycles. The zero-order valence-corrected chi connectivity index (χ0v) is 23.5. The quantitative estimate of drug-likeness (QED) is 0.171. The summed E-state index contributed by atoms with van der Waals surface area (Å²) in [7, 11) is 0. The Balaban J connectivity index is 1.70. The number of esters is 1. The van der Waals surface area contributed by atoms with Crippen molar-refractivity contribution in [2.75, 3.05) is 18.1 Å². The Morgan fingerprint density at radius 2 is 2.00 bits per heavy atom. The Hall–Kier alpha value is -3.50. The summed E-state index contributed by atoms with van der Waals surface area (Å²) in [4.78, 5) is 46.5. The molecule has 0 bridgehead atoms. The molecule has 0 saturated carbocycles. The summed E-state index contributed by atoms with van der Waals surface area (Å²) >= 11 is 4.47. The molecule has 4 aromatic rings. The first-order valence-corrected chi connectivity index (χ1v) is 13.9. The van der Waals surface area contributed by atoms with Gasteiger partial charge in [-0.3, -0.25) is 14.5 Å². The number of ether oxygens (including phenoxy) is 2. The molecule has 10 heteroatoms. The second-order valence-electron chi connectivity index (χ2n) is 8.80. The molecule has 1 atom stereocenters. The number of benzene rings is 2. The van der Waals surface area contributed by atoms with Crippen molar-refractivity contribution in [3.63, 3.8) is 0 Å². The van der Waals surface area contributed by atoms with Gasteiger partial charge in [-0.2, -0.15) is 0 Å². The van der Waals surface area contributed by atoms with E-state index in [1.807, 2.05) is 24.3 Å². The van der Waals surface area contributed by atoms with Crippen LogP contribution in [0.15, 0.2) is 56.1 Å². The highest BCUT2D eigenvalue weighted by molar-refractivity contribution is 9.10. The molecule has 5 rings (SSSR count). The molecule has 2 aromatic heterocycles. The molecule has 196 valence electrons. The highest BCUT2D eigenvalue weighted by atomic mass is 79.9. The lowest BCUT2D eigenvalue weighted by Crippen LogP contribution is -2.29. The van der Waals surface area contributed by atoms with Crippen molar-refractivity contribution in [3.05, 3.63) is 84.6 Å². The molecular weight excluding hydrogens is 572 g/mol. The van der Waals surface area contributed by atoms with Gasteiger partial charge in [-0.05, 0) is 56.2 Å². The van der Waals surface area contributed by atoms with Crippen LogP contribution in [0.25, 0.3) is 11.0 Å². The maximum absolute atomic E-state index is 13.9. The summed E-state index contributed by atoms with van der Waals surface area (Å²) in [5.41, 5.74) is 1.33. The number of hydrogen-bond acceptors (Lipinski definition) is 8. The highest BCUT2D eigenvalue weighted by Gasteiger charge is 2.45. The van der Waals surface area contributed by atoms with Crippen molar-refractivity contribution >= 4 is 55.2 Å². The van der Waals surface area contributed by atoms with E-state index in [1.165, 1.54) is 4.90 Å². The minimum absolute atomic E-state index is 0.0438. The van der Waals surface area contributed by atoms with Crippen molar-refractivity contribution in [1.82, 2.24) is 4.98 Å². The van der Waals surface area contributed by atoms with Crippen molar-refractivity contribution in [2.45, 2.75) is 39.7 Å². The predicted octanol–water partition coefficient (Wildman–Crippen LogP) is 6.43. The molecule has 0 saturated heterocycles. The van der Waals surface area contributed by atoms with Gasteiger partial charge in [0.25, 0.3) is 5.91 Å². The molecule has 1 amide bonds. The first-order valence-electron chi connectivity index (χ1n) is 12.3. The van der Waals surface area contributed by atoms with Crippen LogP contribution in [0.1, 0.15) is 69.8 Å². The average molecular weight is 597 g/mol. The molecule has 0 aliphatic carbocycles. The number of thiazole rings is 1. The highest BCUT2D eigenvalue weighted by Crippen LogP contribution is 2.44. The minimum Gasteiger partial charge on any atom is -0.494 e. The van der Waals surface area contributed by atoms with Crippen LogP contribution in [0.2, 0.25) is 0 Å². The van der Waals surface area contributed by atoms with E-state index >= 15 is 0 Å². The van der Waals surface area contributed by atoms with E-state index in [0.717, 1.165) is 28.7 Å². The van der Waals surface area contributed by atoms with Crippen molar-refractivity contribution in [3.8, 4) is 5.75 Å². The molecule has 3 heterocycles. The number of carbonyl (C=O) groups excluding carboxylic acids is 2. The maximum Gasteiger partial charge on any atom is 0.350 e. The third-order valence-electron chi connectivity index (χ3n) is 6.22. The summed E-state index contributed by atoms with van der Waals surface area (Å²) in [5, 5.41) is 0.629. The van der Waals surface area contributed by atoms with Gasteiger partial charge >= 0.3 is 5.97 Å². The maximum atomic E-state index is 13.9. The molecular formula is C28H25BrN2O6S. The van der Waals surface area contributed by atoms with E-state index in [-0.39, 0.29) is 28.5 Å². The van der Waals surface area contributed by atoms with Gasteiger partial charge in [-0.15, -0.1) is 0 Å². The largest absolute Gasteiger partial charge is 0.494 e. The van der Waals surface area contributed by atoms with Crippen LogP contribution >= 0.6 is 27.3 Å². The van der Waals surface area contributed by atoms with Crippen LogP contribution in [-0.4, -0.2) is 30.1 Å². The number of nitrogens with zero attached hydrogens (tertiary/aromatic N) is 2. The van der Waals surface area contributed by atoms with Crippen LogP contribution in [0, 0.1) is 6.92 Å². The van der Waals surface area contributed by atoms with Gasteiger partial charge in [-0.1, -0.05) is 52.7 Å². The Morgan fingerprint density at radius 1 is 1.18 bits per heavy atom. The van der Waals surface area contributed by atoms with E-state index < -0.39 is 17.9 Å². The molecule has 0 spiro atoms. The number of aromatic nitrogens is 1. The van der Waals surface area contributed by atoms with Gasteiger partial charge in [0.05, 0.1) is 35.9 Å². The fourth-order valence-electron chi connectivity index (χ4n) is 4.44. The number of aryl methyl sites for hydroxylation is 1. The minimum atomic E-state index is -0.826. The van der Waals surface area contributed by atoms with Gasteiger partial charge in [0.15, 0.2) is 10.6 Å². The van der Waals surface area contributed by atoms with Gasteiger partial charge < -0.3 is 13.9 Å². The average Bonchev–Trinajstić information content (AvgIpc) is 3.42. The van der Waals surface area contributed by atoms with Gasteiger partial charge in [-0.25, -0.2) is 9.78 Å². The molecule has 1 aliphatic heterocycles. The molecule has 1 aliphatic rings. The summed E-state index contributed by atoms with van der Waals surface area (Å²) in [6, 6.07) is 11.6. The Morgan fingerprint density at radius 3 is 2.76 bits per heavy atom. The van der Waals surface area contributed by atoms with E-state index in [2.05, 4.69) is 27.8 Å². The lowest BCUT2D eigenvalue weighted by molar-refractivity contribution is 0.0531. The van der Waals surface area contributed by atoms with E-state index in [9.17, 15) is 14.4 Å². The third-order valence-corrected chi connectivity index (χ3v) is 7.85. The zero-order valence-electron chi connectivity index (χ0n) is 21.1. The summed E-state index contributed by atoms with van der Waals surface area (Å²) in [6.07, 6.45) is 1.90. The molecule has 0 N–H and O–H groups in total. The summed E-state index contributed by atoms with van der Waals surface area (Å²) in [5.74, 6) is -0.427. The number of hydrogen-bond donors (Lipinski definition) is 0. The number of unbranched alkanes of at least 4 members (excludes halogenated alkanes) is 1. The number of carbonyl (C=O) groups is 2. The number of halogens is 1. The fraction of sp³-hybridized carbons (Fsp3) is 0.286. The summed E-state index contributed by atoms with van der Waals surface area (Å²) in [6.45, 7) is 6.27. The molecule has 38 heavy (non-hydrogen) atoms. The van der Waals surface area contributed by atoms with Crippen molar-refractivity contribution < 1.29 is 23.5 Å². The van der Waals surface area contributed by atoms with E-state index in [0.29, 0.717) is 39.5 Å². The Bertz CT molecular complexity index is 1610. The van der Waals surface area contributed by atoms with Crippen molar-refractivity contribution in [2.24, 2.45) is 0 Å². The smallest absolute Gasteiger partial charge is 0.350 e. The van der Waals surface area contributed by atoms with E-state index in [1.54, 1.807) is 32.0 Å². The van der Waals surface area contributed by atoms with Crippen LogP contribution in [0.5, 0.6) is 5.75 Å². The lowest BCUT2D eigenvalue weighted by atomic mass is 9.98. The number of amides is 1. The summed E-state index contributed by atoms with van der Waals surface area (Å²) < 4.78 is 17.8. The molecule has 1 unspecified atom stereocenters. The predicted molar refractivity (Wildman–Crippen MR) is 148 cm³/mol. The number of fused-ring (bicyclic) bond motifs is 2. The standard InChI is InChI=1S/C28H25BrN2O6S/c1-4-6-12-36-18-9-7-8-16(13-18)22-21-23(32)19-14-17(29)10-11-20(19)37-24(21)26(33)31(22)28-30-15(3)25(38-28)27(34)35-5-2/h7-11,13-14,22H,4-6,12H2,1-3H3. The molecule has 0 fully saturated rings. The normalized spacial score (nSPS) is 14.7. The van der Waals surface area contributed by atoms with Crippen molar-refractivity contribution in [1.29, 1.82) is 0 Å². The first-order chi connectivity index (χ1) is 18.3. The second-order valence-corrected chi connectivity index (χ2v) is 10.7. The zero-order chi connectivity index (χ0) is 27.0. The number of rotatable bonds is 8. The number of anilines is 1. The molecule has 0 radical (unpaired) electrons. The fourth-order valence-corrected chi connectivity index (χ4v) is 5.79. The van der Waals surface area contributed by atoms with Crippen LogP contribution < -0.4 is 15.1 Å². The lowest BCUT2D eigenvalue weighted by Gasteiger charge is -2.23. The second kappa shape index (κ2) is 10.7. The van der Waals surface area contributed by atoms with Crippen LogP contribution in [-0.2, 0) is 4.74 Å². The van der Waals surface area contributed by atoms with Gasteiger partial charge in [0.2, 0.25) is 5.76 Å². The van der Waals surface area contributed by atoms with Gasteiger partial charge in [0.1, 0.15) is 16.2 Å². The van der Waals surface area contributed by atoms with E-state index in [4.69, 9.17) is 13.9 Å².